The first-order valence-corrected chi connectivity index (χ1v) is 5.92. The van der Waals surface area contributed by atoms with Crippen molar-refractivity contribution in [1.29, 1.82) is 0 Å². The molecule has 0 bridgehead atoms. The van der Waals surface area contributed by atoms with E-state index >= 15 is 0 Å². The summed E-state index contributed by atoms with van der Waals surface area (Å²) in [6.45, 7) is 0. The third-order valence-electron chi connectivity index (χ3n) is 2.30. The maximum atomic E-state index is 10.9. The van der Waals surface area contributed by atoms with Crippen LogP contribution in [0.4, 0.5) is 5.69 Å². The molecule has 0 radical (unpaired) electrons. The van der Waals surface area contributed by atoms with Crippen LogP contribution < -0.4 is 10.5 Å². The molecule has 2 rings (SSSR count). The number of rotatable bonds is 3. The van der Waals surface area contributed by atoms with E-state index in [2.05, 4.69) is 15.9 Å². The molecular formula is C13H10BrNO3. The van der Waals surface area contributed by atoms with Gasteiger partial charge in [0.1, 0.15) is 5.75 Å². The van der Waals surface area contributed by atoms with Crippen LogP contribution in [0.25, 0.3) is 0 Å². The Hall–Kier alpha value is -2.01. The van der Waals surface area contributed by atoms with Crippen molar-refractivity contribution in [3.63, 3.8) is 0 Å². The summed E-state index contributed by atoms with van der Waals surface area (Å²) in [6, 6.07) is 11.5. The summed E-state index contributed by atoms with van der Waals surface area (Å²) < 4.78 is 6.48. The van der Waals surface area contributed by atoms with E-state index in [1.54, 1.807) is 12.1 Å². The molecule has 3 N–H and O–H groups in total. The second-order valence-electron chi connectivity index (χ2n) is 3.61. The highest BCUT2D eigenvalue weighted by molar-refractivity contribution is 9.10. The zero-order valence-electron chi connectivity index (χ0n) is 9.26. The predicted octanol–water partition coefficient (Wildman–Crippen LogP) is 3.52. The molecule has 5 heteroatoms. The Labute approximate surface area is 112 Å². The first kappa shape index (κ1) is 12.4. The number of nitrogen functional groups attached to an aromatic ring is 1. The van der Waals surface area contributed by atoms with Crippen molar-refractivity contribution >= 4 is 27.6 Å². The Kier molecular flexibility index (Phi) is 3.53. The Bertz CT molecular complexity index is 581. The monoisotopic (exact) mass is 307 g/mol. The third-order valence-corrected chi connectivity index (χ3v) is 2.83. The average Bonchev–Trinajstić information content (AvgIpc) is 2.34. The van der Waals surface area contributed by atoms with Gasteiger partial charge in [0.25, 0.3) is 0 Å². The van der Waals surface area contributed by atoms with E-state index in [0.717, 1.165) is 4.47 Å². The second kappa shape index (κ2) is 5.10. The van der Waals surface area contributed by atoms with Gasteiger partial charge in [0.05, 0.1) is 11.3 Å². The van der Waals surface area contributed by atoms with Crippen molar-refractivity contribution in [3.05, 3.63) is 52.5 Å². The van der Waals surface area contributed by atoms with Gasteiger partial charge >= 0.3 is 5.97 Å². The average molecular weight is 308 g/mol. The standard InChI is InChI=1S/C13H10BrNO3/c14-9-2-4-10(5-3-9)18-12-7-8(13(16)17)1-6-11(12)15/h1-7H,15H2,(H,16,17). The SMILES string of the molecule is Nc1ccc(C(=O)O)cc1Oc1ccc(Br)cc1. The van der Waals surface area contributed by atoms with Crippen LogP contribution in [0.15, 0.2) is 46.9 Å². The van der Waals surface area contributed by atoms with Gasteiger partial charge in [0.2, 0.25) is 0 Å². The van der Waals surface area contributed by atoms with E-state index in [1.165, 1.54) is 18.2 Å². The maximum Gasteiger partial charge on any atom is 0.335 e. The molecule has 0 saturated carbocycles. The van der Waals surface area contributed by atoms with Crippen LogP contribution >= 0.6 is 15.9 Å². The van der Waals surface area contributed by atoms with Crippen molar-refractivity contribution in [3.8, 4) is 11.5 Å². The van der Waals surface area contributed by atoms with Gasteiger partial charge in [-0.3, -0.25) is 0 Å². The fourth-order valence-corrected chi connectivity index (χ4v) is 1.65. The number of ether oxygens (including phenoxy) is 1. The van der Waals surface area contributed by atoms with Crippen LogP contribution in [0.2, 0.25) is 0 Å². The van der Waals surface area contributed by atoms with E-state index < -0.39 is 5.97 Å². The van der Waals surface area contributed by atoms with Gasteiger partial charge in [-0.25, -0.2) is 4.79 Å². The van der Waals surface area contributed by atoms with Gasteiger partial charge in [-0.15, -0.1) is 0 Å². The molecule has 92 valence electrons. The predicted molar refractivity (Wildman–Crippen MR) is 72.0 cm³/mol. The fraction of sp³-hybridized carbons (Fsp3) is 0. The summed E-state index contributed by atoms with van der Waals surface area (Å²) in [4.78, 5) is 10.9. The minimum Gasteiger partial charge on any atom is -0.478 e. The summed E-state index contributed by atoms with van der Waals surface area (Å²) in [6.07, 6.45) is 0. The van der Waals surface area contributed by atoms with Crippen molar-refractivity contribution in [2.45, 2.75) is 0 Å². The molecule has 0 aliphatic carbocycles. The highest BCUT2D eigenvalue weighted by atomic mass is 79.9. The quantitative estimate of drug-likeness (QED) is 0.851. The Morgan fingerprint density at radius 1 is 1.17 bits per heavy atom. The summed E-state index contributed by atoms with van der Waals surface area (Å²) in [5.41, 5.74) is 6.27. The highest BCUT2D eigenvalue weighted by Gasteiger charge is 2.08. The van der Waals surface area contributed by atoms with Crippen LogP contribution in [0, 0.1) is 0 Å². The lowest BCUT2D eigenvalue weighted by molar-refractivity contribution is 0.0696. The summed E-state index contributed by atoms with van der Waals surface area (Å²) in [5, 5.41) is 8.90. The Morgan fingerprint density at radius 3 is 2.44 bits per heavy atom. The minimum absolute atomic E-state index is 0.135. The van der Waals surface area contributed by atoms with Crippen molar-refractivity contribution in [1.82, 2.24) is 0 Å². The lowest BCUT2D eigenvalue weighted by Gasteiger charge is -2.09. The van der Waals surface area contributed by atoms with E-state index in [0.29, 0.717) is 17.2 Å². The Balaban J connectivity index is 2.30. The number of carbonyl (C=O) groups is 1. The van der Waals surface area contributed by atoms with Crippen LogP contribution in [-0.4, -0.2) is 11.1 Å². The molecule has 0 saturated heterocycles. The molecule has 2 aromatic rings. The van der Waals surface area contributed by atoms with Gasteiger partial charge in [-0.2, -0.15) is 0 Å². The Morgan fingerprint density at radius 2 is 1.83 bits per heavy atom. The van der Waals surface area contributed by atoms with Gasteiger partial charge in [0.15, 0.2) is 5.75 Å². The normalized spacial score (nSPS) is 10.1. The lowest BCUT2D eigenvalue weighted by atomic mass is 10.2. The van der Waals surface area contributed by atoms with Crippen LogP contribution in [0.3, 0.4) is 0 Å². The minimum atomic E-state index is -1.02. The topological polar surface area (TPSA) is 72.6 Å². The first-order chi connectivity index (χ1) is 8.56. The zero-order valence-corrected chi connectivity index (χ0v) is 10.8. The van der Waals surface area contributed by atoms with Gasteiger partial charge in [0, 0.05) is 4.47 Å². The summed E-state index contributed by atoms with van der Waals surface area (Å²) >= 11 is 3.32. The number of carboxylic acid groups (broad SMARTS) is 1. The van der Waals surface area contributed by atoms with Crippen LogP contribution in [0.1, 0.15) is 10.4 Å². The molecule has 0 fully saturated rings. The van der Waals surface area contributed by atoms with Gasteiger partial charge < -0.3 is 15.6 Å². The molecule has 2 aromatic carbocycles. The number of hydrogen-bond donors (Lipinski definition) is 2. The number of anilines is 1. The molecule has 0 heterocycles. The van der Waals surface area contributed by atoms with Gasteiger partial charge in [-0.1, -0.05) is 15.9 Å². The molecule has 4 nitrogen and oxygen atoms in total. The van der Waals surface area contributed by atoms with E-state index in [-0.39, 0.29) is 5.56 Å². The molecular weight excluding hydrogens is 298 g/mol. The largest absolute Gasteiger partial charge is 0.478 e. The molecule has 0 aromatic heterocycles. The second-order valence-corrected chi connectivity index (χ2v) is 4.53. The molecule has 0 aliphatic heterocycles. The van der Waals surface area contributed by atoms with Crippen molar-refractivity contribution in [2.24, 2.45) is 0 Å². The number of hydrogen-bond acceptors (Lipinski definition) is 3. The van der Waals surface area contributed by atoms with Crippen LogP contribution in [0.5, 0.6) is 11.5 Å². The highest BCUT2D eigenvalue weighted by Crippen LogP contribution is 2.29. The first-order valence-electron chi connectivity index (χ1n) is 5.12. The van der Waals surface area contributed by atoms with E-state index in [9.17, 15) is 4.79 Å². The summed E-state index contributed by atoms with van der Waals surface area (Å²) in [5.74, 6) is -0.0969. The van der Waals surface area contributed by atoms with Crippen LogP contribution in [-0.2, 0) is 0 Å². The zero-order chi connectivity index (χ0) is 13.1. The molecule has 0 amide bonds. The van der Waals surface area contributed by atoms with Crippen molar-refractivity contribution in [2.75, 3.05) is 5.73 Å². The number of halogens is 1. The third kappa shape index (κ3) is 2.81. The van der Waals surface area contributed by atoms with Crippen molar-refractivity contribution < 1.29 is 14.6 Å². The van der Waals surface area contributed by atoms with E-state index in [1.807, 2.05) is 12.1 Å². The number of nitrogens with two attached hydrogens (primary N) is 1. The molecule has 0 atom stereocenters. The number of benzene rings is 2. The number of carboxylic acids is 1. The fourth-order valence-electron chi connectivity index (χ4n) is 1.39. The summed E-state index contributed by atoms with van der Waals surface area (Å²) in [7, 11) is 0. The van der Waals surface area contributed by atoms with E-state index in [4.69, 9.17) is 15.6 Å². The molecule has 0 unspecified atom stereocenters. The molecule has 0 aliphatic rings. The smallest absolute Gasteiger partial charge is 0.335 e. The number of aromatic carboxylic acids is 1. The van der Waals surface area contributed by atoms with Gasteiger partial charge in [-0.05, 0) is 42.5 Å². The molecule has 0 spiro atoms. The molecule has 18 heavy (non-hydrogen) atoms. The maximum absolute atomic E-state index is 10.9. The lowest BCUT2D eigenvalue weighted by Crippen LogP contribution is -1.99.